The van der Waals surface area contributed by atoms with Gasteiger partial charge in [-0.3, -0.25) is 19.8 Å². The molecule has 1 saturated heterocycles. The second-order valence-electron chi connectivity index (χ2n) is 7.45. The van der Waals surface area contributed by atoms with Gasteiger partial charge in [0, 0.05) is 24.6 Å². The standard InChI is InChI=1S/C22H25BrN4O5/c1-31-20-12-16(11-19(23)21(20)32-2)13-24-25-22(28)17-7-9-26(10-8-17)14-15-3-5-18(6-4-15)27(29)30/h3-6,11-13,17H,7-10,14H2,1-2H3,(H,25,28)/b24-13-. The molecular weight excluding hydrogens is 480 g/mol. The van der Waals surface area contributed by atoms with Crippen LogP contribution in [-0.2, 0) is 11.3 Å². The number of likely N-dealkylation sites (tertiary alicyclic amines) is 1. The summed E-state index contributed by atoms with van der Waals surface area (Å²) >= 11 is 3.43. The molecule has 0 aliphatic carbocycles. The highest BCUT2D eigenvalue weighted by Gasteiger charge is 2.25. The molecule has 9 nitrogen and oxygen atoms in total. The van der Waals surface area contributed by atoms with Crippen LogP contribution in [0.1, 0.15) is 24.0 Å². The lowest BCUT2D eigenvalue weighted by Gasteiger charge is -2.30. The number of rotatable bonds is 8. The van der Waals surface area contributed by atoms with E-state index < -0.39 is 4.92 Å². The van der Waals surface area contributed by atoms with Crippen molar-refractivity contribution in [3.63, 3.8) is 0 Å². The van der Waals surface area contributed by atoms with E-state index in [0.717, 1.165) is 41.5 Å². The zero-order valence-electron chi connectivity index (χ0n) is 17.9. The van der Waals surface area contributed by atoms with E-state index in [-0.39, 0.29) is 17.5 Å². The molecular formula is C22H25BrN4O5. The summed E-state index contributed by atoms with van der Waals surface area (Å²) in [6.07, 6.45) is 3.03. The number of hydrazone groups is 1. The SMILES string of the molecule is COc1cc(/C=N\NC(=O)C2CCN(Cc3ccc([N+](=O)[O-])cc3)CC2)cc(Br)c1OC. The number of hydrogen-bond donors (Lipinski definition) is 1. The summed E-state index contributed by atoms with van der Waals surface area (Å²) in [6, 6.07) is 10.2. The number of halogens is 1. The predicted molar refractivity (Wildman–Crippen MR) is 124 cm³/mol. The Kier molecular flexibility index (Phi) is 8.18. The molecule has 1 aliphatic rings. The maximum atomic E-state index is 12.5. The molecule has 1 fully saturated rings. The van der Waals surface area contributed by atoms with Gasteiger partial charge >= 0.3 is 0 Å². The van der Waals surface area contributed by atoms with Crippen LogP contribution in [0, 0.1) is 16.0 Å². The topological polar surface area (TPSA) is 106 Å². The van der Waals surface area contributed by atoms with Crippen LogP contribution in [0.15, 0.2) is 46.0 Å². The highest BCUT2D eigenvalue weighted by Crippen LogP contribution is 2.35. The Morgan fingerprint density at radius 1 is 1.25 bits per heavy atom. The van der Waals surface area contributed by atoms with Crippen molar-refractivity contribution in [1.82, 2.24) is 10.3 Å². The van der Waals surface area contributed by atoms with Gasteiger partial charge < -0.3 is 9.47 Å². The molecule has 0 bridgehead atoms. The third-order valence-electron chi connectivity index (χ3n) is 5.36. The van der Waals surface area contributed by atoms with Gasteiger partial charge in [0.1, 0.15) is 0 Å². The summed E-state index contributed by atoms with van der Waals surface area (Å²) in [5.74, 6) is 0.956. The van der Waals surface area contributed by atoms with Crippen LogP contribution in [0.25, 0.3) is 0 Å². The van der Waals surface area contributed by atoms with Crippen molar-refractivity contribution in [2.75, 3.05) is 27.3 Å². The van der Waals surface area contributed by atoms with Gasteiger partial charge in [0.2, 0.25) is 5.91 Å². The number of carbonyl (C=O) groups is 1. The number of nitrogens with zero attached hydrogens (tertiary/aromatic N) is 3. The summed E-state index contributed by atoms with van der Waals surface area (Å²) in [6.45, 7) is 2.27. The summed E-state index contributed by atoms with van der Waals surface area (Å²) in [5.41, 5.74) is 4.49. The summed E-state index contributed by atoms with van der Waals surface area (Å²) < 4.78 is 11.3. The van der Waals surface area contributed by atoms with Crippen molar-refractivity contribution in [1.29, 1.82) is 0 Å². The van der Waals surface area contributed by atoms with Crippen LogP contribution in [0.4, 0.5) is 5.69 Å². The van der Waals surface area contributed by atoms with Gasteiger partial charge in [0.15, 0.2) is 11.5 Å². The Morgan fingerprint density at radius 3 is 2.53 bits per heavy atom. The Hall–Kier alpha value is -2.98. The van der Waals surface area contributed by atoms with Gasteiger partial charge in [0.05, 0.1) is 29.8 Å². The van der Waals surface area contributed by atoms with Gasteiger partial charge in [-0.15, -0.1) is 0 Å². The molecule has 0 saturated carbocycles. The van der Waals surface area contributed by atoms with Crippen LogP contribution in [0.3, 0.4) is 0 Å². The fourth-order valence-corrected chi connectivity index (χ4v) is 4.23. The molecule has 1 N–H and O–H groups in total. The number of nitrogens with one attached hydrogen (secondary N) is 1. The Bertz CT molecular complexity index is 989. The average Bonchev–Trinajstić information content (AvgIpc) is 2.79. The number of hydrogen-bond acceptors (Lipinski definition) is 7. The number of piperidine rings is 1. The lowest BCUT2D eigenvalue weighted by molar-refractivity contribution is -0.384. The number of nitro benzene ring substituents is 1. The first-order valence-electron chi connectivity index (χ1n) is 10.1. The molecule has 10 heteroatoms. The van der Waals surface area contributed by atoms with Crippen molar-refractivity contribution < 1.29 is 19.2 Å². The molecule has 0 radical (unpaired) electrons. The number of carbonyl (C=O) groups excluding carboxylic acids is 1. The second kappa shape index (κ2) is 11.1. The zero-order chi connectivity index (χ0) is 23.1. The molecule has 3 rings (SSSR count). The molecule has 2 aromatic rings. The number of nitro groups is 1. The van der Waals surface area contributed by atoms with Crippen LogP contribution >= 0.6 is 15.9 Å². The van der Waals surface area contributed by atoms with Crippen LogP contribution in [0.2, 0.25) is 0 Å². The fraction of sp³-hybridized carbons (Fsp3) is 0.364. The number of methoxy groups -OCH3 is 2. The minimum Gasteiger partial charge on any atom is -0.493 e. The summed E-state index contributed by atoms with van der Waals surface area (Å²) in [4.78, 5) is 25.1. The van der Waals surface area contributed by atoms with E-state index in [1.54, 1.807) is 38.6 Å². The first-order valence-corrected chi connectivity index (χ1v) is 10.9. The second-order valence-corrected chi connectivity index (χ2v) is 8.30. The smallest absolute Gasteiger partial charge is 0.269 e. The first kappa shape index (κ1) is 23.7. The van der Waals surface area contributed by atoms with E-state index in [9.17, 15) is 14.9 Å². The average molecular weight is 505 g/mol. The van der Waals surface area contributed by atoms with E-state index >= 15 is 0 Å². The van der Waals surface area contributed by atoms with Crippen LogP contribution in [0.5, 0.6) is 11.5 Å². The van der Waals surface area contributed by atoms with E-state index in [2.05, 4.69) is 31.4 Å². The maximum Gasteiger partial charge on any atom is 0.269 e. The van der Waals surface area contributed by atoms with E-state index in [4.69, 9.17) is 9.47 Å². The molecule has 0 aromatic heterocycles. The van der Waals surface area contributed by atoms with Crippen molar-refractivity contribution in [3.8, 4) is 11.5 Å². The third-order valence-corrected chi connectivity index (χ3v) is 5.95. The Labute approximate surface area is 194 Å². The molecule has 2 aromatic carbocycles. The molecule has 0 unspecified atom stereocenters. The van der Waals surface area contributed by atoms with E-state index in [0.29, 0.717) is 18.0 Å². The van der Waals surface area contributed by atoms with Crippen molar-refractivity contribution in [3.05, 3.63) is 62.1 Å². The molecule has 1 heterocycles. The number of non-ortho nitro benzene ring substituents is 1. The van der Waals surface area contributed by atoms with Gasteiger partial charge in [-0.1, -0.05) is 12.1 Å². The van der Waals surface area contributed by atoms with Crippen molar-refractivity contribution >= 4 is 33.7 Å². The number of benzene rings is 2. The normalized spacial score (nSPS) is 15.0. The highest BCUT2D eigenvalue weighted by molar-refractivity contribution is 9.10. The summed E-state index contributed by atoms with van der Waals surface area (Å²) in [5, 5.41) is 14.8. The zero-order valence-corrected chi connectivity index (χ0v) is 19.5. The first-order chi connectivity index (χ1) is 15.4. The Balaban J connectivity index is 1.48. The highest BCUT2D eigenvalue weighted by atomic mass is 79.9. The minimum absolute atomic E-state index is 0.0881. The van der Waals surface area contributed by atoms with Gasteiger partial charge in [-0.05, 0) is 65.1 Å². The van der Waals surface area contributed by atoms with Gasteiger partial charge in [0.25, 0.3) is 5.69 Å². The molecule has 0 spiro atoms. The van der Waals surface area contributed by atoms with E-state index in [1.807, 2.05) is 6.07 Å². The van der Waals surface area contributed by atoms with Crippen LogP contribution < -0.4 is 14.9 Å². The Morgan fingerprint density at radius 2 is 1.94 bits per heavy atom. The van der Waals surface area contributed by atoms with Crippen molar-refractivity contribution in [2.24, 2.45) is 11.0 Å². The lowest BCUT2D eigenvalue weighted by atomic mass is 9.96. The molecule has 32 heavy (non-hydrogen) atoms. The minimum atomic E-state index is -0.402. The van der Waals surface area contributed by atoms with Gasteiger partial charge in [-0.2, -0.15) is 5.10 Å². The monoisotopic (exact) mass is 504 g/mol. The fourth-order valence-electron chi connectivity index (χ4n) is 3.61. The predicted octanol–water partition coefficient (Wildman–Crippen LogP) is 3.74. The molecule has 1 aliphatic heterocycles. The third kappa shape index (κ3) is 6.04. The number of amides is 1. The van der Waals surface area contributed by atoms with Crippen molar-refractivity contribution in [2.45, 2.75) is 19.4 Å². The maximum absolute atomic E-state index is 12.5. The summed E-state index contributed by atoms with van der Waals surface area (Å²) in [7, 11) is 3.12. The van der Waals surface area contributed by atoms with Crippen LogP contribution in [-0.4, -0.2) is 49.3 Å². The molecule has 170 valence electrons. The molecule has 1 amide bonds. The van der Waals surface area contributed by atoms with Gasteiger partial charge in [-0.25, -0.2) is 5.43 Å². The molecule has 0 atom stereocenters. The lowest BCUT2D eigenvalue weighted by Crippen LogP contribution is -2.39. The number of ether oxygens (including phenoxy) is 2. The quantitative estimate of drug-likeness (QED) is 0.333. The largest absolute Gasteiger partial charge is 0.493 e. The van der Waals surface area contributed by atoms with E-state index in [1.165, 1.54) is 12.1 Å².